The van der Waals surface area contributed by atoms with Gasteiger partial charge < -0.3 is 4.74 Å². The van der Waals surface area contributed by atoms with Crippen LogP contribution in [0.2, 0.25) is 0 Å². The summed E-state index contributed by atoms with van der Waals surface area (Å²) in [4.78, 5) is 11.2. The largest absolute Gasteiger partial charge is 0.490 e. The highest BCUT2D eigenvalue weighted by molar-refractivity contribution is 7.11. The van der Waals surface area contributed by atoms with Gasteiger partial charge in [-0.05, 0) is 19.8 Å². The molecule has 0 radical (unpaired) electrons. The van der Waals surface area contributed by atoms with E-state index in [9.17, 15) is 4.79 Å². The first-order chi connectivity index (χ1) is 7.76. The second-order valence-electron chi connectivity index (χ2n) is 4.08. The zero-order valence-electron chi connectivity index (χ0n) is 10.1. The molecule has 1 unspecified atom stereocenters. The number of rotatable bonds is 8. The second kappa shape index (κ2) is 7.44. The van der Waals surface area contributed by atoms with Crippen LogP contribution in [0.4, 0.5) is 0 Å². The number of carbonyl (C=O) groups is 1. The average Bonchev–Trinajstić information content (AvgIpc) is 2.72. The number of thiophene rings is 1. The van der Waals surface area contributed by atoms with Gasteiger partial charge in [-0.1, -0.05) is 26.2 Å². The van der Waals surface area contributed by atoms with Crippen molar-refractivity contribution in [1.82, 2.24) is 0 Å². The molecule has 0 aliphatic carbocycles. The van der Waals surface area contributed by atoms with Crippen molar-refractivity contribution in [3.8, 4) is 5.75 Å². The van der Waals surface area contributed by atoms with Crippen molar-refractivity contribution in [2.24, 2.45) is 0 Å². The molecule has 2 nitrogen and oxygen atoms in total. The zero-order chi connectivity index (χ0) is 11.8. The van der Waals surface area contributed by atoms with E-state index >= 15 is 0 Å². The Bertz CT molecular complexity index is 307. The van der Waals surface area contributed by atoms with Gasteiger partial charge in [0.25, 0.3) is 0 Å². The third-order valence-corrected chi connectivity index (χ3v) is 3.35. The van der Waals surface area contributed by atoms with Gasteiger partial charge in [0, 0.05) is 11.4 Å². The lowest BCUT2D eigenvalue weighted by molar-refractivity contribution is 0.112. The second-order valence-corrected chi connectivity index (χ2v) is 5.02. The highest BCUT2D eigenvalue weighted by atomic mass is 32.1. The summed E-state index contributed by atoms with van der Waals surface area (Å²) in [6, 6.07) is 1.81. The van der Waals surface area contributed by atoms with Crippen LogP contribution in [0.3, 0.4) is 0 Å². The van der Waals surface area contributed by atoms with Gasteiger partial charge in [0.2, 0.25) is 0 Å². The summed E-state index contributed by atoms with van der Waals surface area (Å²) in [5.41, 5.74) is 0. The van der Waals surface area contributed by atoms with Crippen molar-refractivity contribution in [2.45, 2.75) is 52.1 Å². The summed E-state index contributed by atoms with van der Waals surface area (Å²) in [6.45, 7) is 4.30. The molecular formula is C13H20O2S. The monoisotopic (exact) mass is 240 g/mol. The Morgan fingerprint density at radius 2 is 2.25 bits per heavy atom. The van der Waals surface area contributed by atoms with Gasteiger partial charge in [-0.15, -0.1) is 11.3 Å². The molecule has 0 aromatic carbocycles. The normalized spacial score (nSPS) is 12.4. The SMILES string of the molecule is CCCCCCC(C)Oc1csc(C=O)c1. The molecule has 0 aliphatic heterocycles. The number of hydrogen-bond acceptors (Lipinski definition) is 3. The molecule has 1 rings (SSSR count). The molecule has 0 saturated heterocycles. The molecule has 0 saturated carbocycles. The number of carbonyl (C=O) groups excluding carboxylic acids is 1. The van der Waals surface area contributed by atoms with Crippen LogP contribution < -0.4 is 4.74 Å². The molecule has 1 atom stereocenters. The van der Waals surface area contributed by atoms with Gasteiger partial charge in [-0.2, -0.15) is 0 Å². The fourth-order valence-corrected chi connectivity index (χ4v) is 2.22. The topological polar surface area (TPSA) is 26.3 Å². The van der Waals surface area contributed by atoms with Gasteiger partial charge in [0.15, 0.2) is 6.29 Å². The van der Waals surface area contributed by atoms with E-state index in [2.05, 4.69) is 13.8 Å². The molecule has 1 aromatic rings. The van der Waals surface area contributed by atoms with Crippen LogP contribution in [0.1, 0.15) is 55.6 Å². The van der Waals surface area contributed by atoms with Crippen molar-refractivity contribution in [2.75, 3.05) is 0 Å². The van der Waals surface area contributed by atoms with E-state index in [-0.39, 0.29) is 6.10 Å². The fraction of sp³-hybridized carbons (Fsp3) is 0.615. The highest BCUT2D eigenvalue weighted by Crippen LogP contribution is 2.22. The van der Waals surface area contributed by atoms with Crippen molar-refractivity contribution in [1.29, 1.82) is 0 Å². The van der Waals surface area contributed by atoms with Gasteiger partial charge in [0.05, 0.1) is 11.0 Å². The number of hydrogen-bond donors (Lipinski definition) is 0. The minimum absolute atomic E-state index is 0.242. The molecule has 0 bridgehead atoms. The Morgan fingerprint density at radius 1 is 1.44 bits per heavy atom. The maximum Gasteiger partial charge on any atom is 0.160 e. The molecule has 0 aliphatic rings. The lowest BCUT2D eigenvalue weighted by Gasteiger charge is -2.12. The minimum atomic E-state index is 0.242. The van der Waals surface area contributed by atoms with Crippen LogP contribution in [0.15, 0.2) is 11.4 Å². The quantitative estimate of drug-likeness (QED) is 0.500. The smallest absolute Gasteiger partial charge is 0.160 e. The molecule has 3 heteroatoms. The van der Waals surface area contributed by atoms with Crippen molar-refractivity contribution in [3.05, 3.63) is 16.3 Å². The maximum atomic E-state index is 10.5. The standard InChI is InChI=1S/C13H20O2S/c1-3-4-5-6-7-11(2)15-12-8-13(9-14)16-10-12/h8-11H,3-7H2,1-2H3. The molecular weight excluding hydrogens is 220 g/mol. The van der Waals surface area contributed by atoms with Crippen molar-refractivity contribution in [3.63, 3.8) is 0 Å². The Morgan fingerprint density at radius 3 is 2.88 bits per heavy atom. The van der Waals surface area contributed by atoms with Crippen LogP contribution in [0.5, 0.6) is 5.75 Å². The molecule has 0 fully saturated rings. The van der Waals surface area contributed by atoms with Crippen LogP contribution in [-0.4, -0.2) is 12.4 Å². The minimum Gasteiger partial charge on any atom is -0.490 e. The molecule has 0 spiro atoms. The molecule has 0 amide bonds. The van der Waals surface area contributed by atoms with Crippen LogP contribution in [0.25, 0.3) is 0 Å². The Kier molecular flexibility index (Phi) is 6.16. The predicted molar refractivity (Wildman–Crippen MR) is 68.6 cm³/mol. The number of unbranched alkanes of at least 4 members (excludes halogenated alkanes) is 3. The molecule has 90 valence electrons. The first-order valence-electron chi connectivity index (χ1n) is 5.96. The van der Waals surface area contributed by atoms with Gasteiger partial charge in [0.1, 0.15) is 5.75 Å². The lowest BCUT2D eigenvalue weighted by atomic mass is 10.1. The summed E-state index contributed by atoms with van der Waals surface area (Å²) in [7, 11) is 0. The fourth-order valence-electron chi connectivity index (χ4n) is 1.61. The van der Waals surface area contributed by atoms with Gasteiger partial charge >= 0.3 is 0 Å². The van der Waals surface area contributed by atoms with E-state index in [4.69, 9.17) is 4.74 Å². The van der Waals surface area contributed by atoms with E-state index in [1.54, 1.807) is 6.07 Å². The summed E-state index contributed by atoms with van der Waals surface area (Å²) in [5.74, 6) is 0.829. The number of aldehydes is 1. The lowest BCUT2D eigenvalue weighted by Crippen LogP contribution is -2.10. The van der Waals surface area contributed by atoms with E-state index in [1.165, 1.54) is 37.0 Å². The molecule has 1 heterocycles. The van der Waals surface area contributed by atoms with E-state index < -0.39 is 0 Å². The summed E-state index contributed by atoms with van der Waals surface area (Å²) in [5, 5.41) is 1.90. The third kappa shape index (κ3) is 4.79. The average molecular weight is 240 g/mol. The third-order valence-electron chi connectivity index (χ3n) is 2.51. The highest BCUT2D eigenvalue weighted by Gasteiger charge is 2.05. The van der Waals surface area contributed by atoms with Gasteiger partial charge in [-0.25, -0.2) is 0 Å². The van der Waals surface area contributed by atoms with Crippen LogP contribution >= 0.6 is 11.3 Å². The Balaban J connectivity index is 2.22. The number of ether oxygens (including phenoxy) is 1. The first kappa shape index (κ1) is 13.2. The molecule has 16 heavy (non-hydrogen) atoms. The van der Waals surface area contributed by atoms with Crippen LogP contribution in [-0.2, 0) is 0 Å². The Labute approximate surface area is 102 Å². The zero-order valence-corrected chi connectivity index (χ0v) is 10.9. The van der Waals surface area contributed by atoms with Crippen molar-refractivity contribution >= 4 is 17.6 Å². The first-order valence-corrected chi connectivity index (χ1v) is 6.84. The van der Waals surface area contributed by atoms with Crippen LogP contribution in [0, 0.1) is 0 Å². The summed E-state index contributed by atoms with van der Waals surface area (Å²) >= 11 is 1.43. The molecule has 1 aromatic heterocycles. The predicted octanol–water partition coefficient (Wildman–Crippen LogP) is 4.30. The van der Waals surface area contributed by atoms with E-state index in [0.29, 0.717) is 0 Å². The summed E-state index contributed by atoms with van der Waals surface area (Å²) < 4.78 is 5.73. The summed E-state index contributed by atoms with van der Waals surface area (Å²) in [6.07, 6.45) is 7.28. The maximum absolute atomic E-state index is 10.5. The van der Waals surface area contributed by atoms with E-state index in [0.717, 1.165) is 23.3 Å². The van der Waals surface area contributed by atoms with E-state index in [1.807, 2.05) is 5.38 Å². The molecule has 0 N–H and O–H groups in total. The van der Waals surface area contributed by atoms with Gasteiger partial charge in [-0.3, -0.25) is 4.79 Å². The Hall–Kier alpha value is -0.830. The van der Waals surface area contributed by atoms with Crippen molar-refractivity contribution < 1.29 is 9.53 Å².